The zero-order chi connectivity index (χ0) is 13.2. The van der Waals surface area contributed by atoms with Gasteiger partial charge >= 0.3 is 0 Å². The number of nitrogens with two attached hydrogens (primary N) is 1. The number of nitrogens with one attached hydrogen (secondary N) is 1. The SMILES string of the molecule is Cc1cscc1C(NN)c1ccc(C2CCC2)cc1. The summed E-state index contributed by atoms with van der Waals surface area (Å²) in [5, 5.41) is 4.35. The van der Waals surface area contributed by atoms with Crippen molar-refractivity contribution in [2.24, 2.45) is 5.84 Å². The van der Waals surface area contributed by atoms with Crippen molar-refractivity contribution in [1.82, 2.24) is 5.43 Å². The van der Waals surface area contributed by atoms with E-state index in [1.807, 2.05) is 0 Å². The van der Waals surface area contributed by atoms with Gasteiger partial charge in [0.25, 0.3) is 0 Å². The highest BCUT2D eigenvalue weighted by Gasteiger charge is 2.20. The lowest BCUT2D eigenvalue weighted by Gasteiger charge is -2.26. The first-order valence-electron chi connectivity index (χ1n) is 6.88. The van der Waals surface area contributed by atoms with Gasteiger partial charge in [-0.2, -0.15) is 11.3 Å². The molecule has 0 bridgehead atoms. The highest BCUT2D eigenvalue weighted by Crippen LogP contribution is 2.37. The fourth-order valence-electron chi connectivity index (χ4n) is 2.73. The van der Waals surface area contributed by atoms with E-state index in [0.717, 1.165) is 5.92 Å². The summed E-state index contributed by atoms with van der Waals surface area (Å²) in [5.41, 5.74) is 8.25. The second-order valence-electron chi connectivity index (χ2n) is 5.40. The normalized spacial score (nSPS) is 17.2. The molecule has 1 aromatic carbocycles. The van der Waals surface area contributed by atoms with Gasteiger partial charge in [0.1, 0.15) is 0 Å². The quantitative estimate of drug-likeness (QED) is 0.655. The van der Waals surface area contributed by atoms with Crippen LogP contribution in [-0.4, -0.2) is 0 Å². The maximum Gasteiger partial charge on any atom is 0.0720 e. The lowest BCUT2D eigenvalue weighted by Crippen LogP contribution is -2.29. The number of aryl methyl sites for hydroxylation is 1. The molecule has 2 aromatic rings. The zero-order valence-corrected chi connectivity index (χ0v) is 12.0. The standard InChI is InChI=1S/C16H20N2S/c1-11-9-19-10-15(11)16(18-17)14-7-5-13(6-8-14)12-3-2-4-12/h5-10,12,16,18H,2-4,17H2,1H3. The van der Waals surface area contributed by atoms with Crippen molar-refractivity contribution in [3.05, 3.63) is 57.3 Å². The van der Waals surface area contributed by atoms with Crippen molar-refractivity contribution in [3.63, 3.8) is 0 Å². The topological polar surface area (TPSA) is 38.0 Å². The smallest absolute Gasteiger partial charge is 0.0720 e. The van der Waals surface area contributed by atoms with Crippen LogP contribution in [0.2, 0.25) is 0 Å². The maximum absolute atomic E-state index is 5.75. The van der Waals surface area contributed by atoms with E-state index >= 15 is 0 Å². The average Bonchev–Trinajstić information content (AvgIpc) is 2.77. The molecule has 1 saturated carbocycles. The van der Waals surface area contributed by atoms with Crippen LogP contribution in [0.3, 0.4) is 0 Å². The Labute approximate surface area is 118 Å². The van der Waals surface area contributed by atoms with E-state index in [9.17, 15) is 0 Å². The molecular formula is C16H20N2S. The van der Waals surface area contributed by atoms with Crippen LogP contribution >= 0.6 is 11.3 Å². The Kier molecular flexibility index (Phi) is 3.69. The summed E-state index contributed by atoms with van der Waals surface area (Å²) in [4.78, 5) is 0. The fourth-order valence-corrected chi connectivity index (χ4v) is 3.61. The predicted octanol–water partition coefficient (Wildman–Crippen LogP) is 3.88. The monoisotopic (exact) mass is 272 g/mol. The van der Waals surface area contributed by atoms with Crippen molar-refractivity contribution in [2.45, 2.75) is 38.1 Å². The molecule has 1 fully saturated rings. The first-order valence-corrected chi connectivity index (χ1v) is 7.82. The molecule has 1 unspecified atom stereocenters. The molecule has 1 aromatic heterocycles. The summed E-state index contributed by atoms with van der Waals surface area (Å²) < 4.78 is 0. The summed E-state index contributed by atoms with van der Waals surface area (Å²) in [6, 6.07) is 9.07. The van der Waals surface area contributed by atoms with Gasteiger partial charge in [0.2, 0.25) is 0 Å². The Bertz CT molecular complexity index is 540. The number of hydrogen-bond acceptors (Lipinski definition) is 3. The van der Waals surface area contributed by atoms with E-state index in [0.29, 0.717) is 0 Å². The molecular weight excluding hydrogens is 252 g/mol. The van der Waals surface area contributed by atoms with E-state index in [1.54, 1.807) is 11.3 Å². The third-order valence-electron chi connectivity index (χ3n) is 4.22. The third kappa shape index (κ3) is 2.46. The van der Waals surface area contributed by atoms with Crippen LogP contribution in [0, 0.1) is 6.92 Å². The molecule has 3 heteroatoms. The summed E-state index contributed by atoms with van der Waals surface area (Å²) in [6.45, 7) is 2.14. The minimum atomic E-state index is 0.0988. The van der Waals surface area contributed by atoms with Gasteiger partial charge in [0, 0.05) is 0 Å². The van der Waals surface area contributed by atoms with E-state index in [1.165, 1.54) is 41.5 Å². The molecule has 0 saturated heterocycles. The van der Waals surface area contributed by atoms with Gasteiger partial charge in [-0.1, -0.05) is 30.7 Å². The minimum Gasteiger partial charge on any atom is -0.271 e. The van der Waals surface area contributed by atoms with Gasteiger partial charge in [-0.05, 0) is 58.7 Å². The van der Waals surface area contributed by atoms with Crippen LogP contribution in [0.1, 0.15) is 53.5 Å². The van der Waals surface area contributed by atoms with E-state index in [-0.39, 0.29) is 6.04 Å². The first kappa shape index (κ1) is 12.9. The molecule has 2 nitrogen and oxygen atoms in total. The zero-order valence-electron chi connectivity index (χ0n) is 11.2. The van der Waals surface area contributed by atoms with E-state index in [2.05, 4.69) is 47.4 Å². The Morgan fingerprint density at radius 3 is 2.42 bits per heavy atom. The number of hydrogen-bond donors (Lipinski definition) is 2. The number of hydrazine groups is 1. The molecule has 19 heavy (non-hydrogen) atoms. The van der Waals surface area contributed by atoms with E-state index in [4.69, 9.17) is 5.84 Å². The van der Waals surface area contributed by atoms with Gasteiger partial charge in [0.15, 0.2) is 0 Å². The highest BCUT2D eigenvalue weighted by atomic mass is 32.1. The second kappa shape index (κ2) is 5.45. The number of rotatable bonds is 4. The van der Waals surface area contributed by atoms with Crippen LogP contribution < -0.4 is 11.3 Å². The van der Waals surface area contributed by atoms with Gasteiger partial charge in [-0.25, -0.2) is 5.43 Å². The van der Waals surface area contributed by atoms with Crippen LogP contribution in [0.4, 0.5) is 0 Å². The molecule has 1 atom stereocenters. The van der Waals surface area contributed by atoms with Crippen LogP contribution in [0.5, 0.6) is 0 Å². The van der Waals surface area contributed by atoms with E-state index < -0.39 is 0 Å². The molecule has 0 amide bonds. The van der Waals surface area contributed by atoms with Crippen molar-refractivity contribution >= 4 is 11.3 Å². The summed E-state index contributed by atoms with van der Waals surface area (Å²) in [7, 11) is 0. The van der Waals surface area contributed by atoms with Crippen molar-refractivity contribution < 1.29 is 0 Å². The van der Waals surface area contributed by atoms with Crippen LogP contribution in [0.25, 0.3) is 0 Å². The number of benzene rings is 1. The molecule has 3 rings (SSSR count). The van der Waals surface area contributed by atoms with Crippen molar-refractivity contribution in [1.29, 1.82) is 0 Å². The van der Waals surface area contributed by atoms with Crippen LogP contribution in [-0.2, 0) is 0 Å². The van der Waals surface area contributed by atoms with Crippen LogP contribution in [0.15, 0.2) is 35.0 Å². The fraction of sp³-hybridized carbons (Fsp3) is 0.375. The summed E-state index contributed by atoms with van der Waals surface area (Å²) >= 11 is 1.73. The highest BCUT2D eigenvalue weighted by molar-refractivity contribution is 7.08. The Balaban J connectivity index is 1.85. The molecule has 0 aliphatic heterocycles. The third-order valence-corrected chi connectivity index (χ3v) is 5.10. The molecule has 0 spiro atoms. The number of thiophene rings is 1. The first-order chi connectivity index (χ1) is 9.29. The molecule has 1 aliphatic rings. The molecule has 3 N–H and O–H groups in total. The Morgan fingerprint density at radius 1 is 1.21 bits per heavy atom. The second-order valence-corrected chi connectivity index (χ2v) is 6.15. The Hall–Kier alpha value is -1.16. The lowest BCUT2D eigenvalue weighted by atomic mass is 9.79. The summed E-state index contributed by atoms with van der Waals surface area (Å²) in [6.07, 6.45) is 4.08. The lowest BCUT2D eigenvalue weighted by molar-refractivity contribution is 0.419. The van der Waals surface area contributed by atoms with Crippen molar-refractivity contribution in [3.8, 4) is 0 Å². The maximum atomic E-state index is 5.75. The van der Waals surface area contributed by atoms with Gasteiger partial charge in [-0.15, -0.1) is 0 Å². The molecule has 1 aliphatic carbocycles. The molecule has 1 heterocycles. The predicted molar refractivity (Wildman–Crippen MR) is 81.3 cm³/mol. The Morgan fingerprint density at radius 2 is 1.95 bits per heavy atom. The van der Waals surface area contributed by atoms with Gasteiger partial charge in [-0.3, -0.25) is 5.84 Å². The van der Waals surface area contributed by atoms with Gasteiger partial charge < -0.3 is 0 Å². The van der Waals surface area contributed by atoms with Gasteiger partial charge in [0.05, 0.1) is 6.04 Å². The average molecular weight is 272 g/mol. The molecule has 100 valence electrons. The minimum absolute atomic E-state index is 0.0988. The summed E-state index contributed by atoms with van der Waals surface area (Å²) in [5.74, 6) is 6.55. The van der Waals surface area contributed by atoms with Crippen molar-refractivity contribution in [2.75, 3.05) is 0 Å². The largest absolute Gasteiger partial charge is 0.271 e. The molecule has 0 radical (unpaired) electrons.